The van der Waals surface area contributed by atoms with Crippen molar-refractivity contribution in [3.05, 3.63) is 0 Å². The highest BCUT2D eigenvalue weighted by Gasteiger charge is 2.60. The molecule has 0 radical (unpaired) electrons. The second kappa shape index (κ2) is 8.98. The van der Waals surface area contributed by atoms with E-state index in [-0.39, 0.29) is 5.97 Å². The Morgan fingerprint density at radius 1 is 1.12 bits per heavy atom. The lowest BCUT2D eigenvalue weighted by Crippen LogP contribution is -2.54. The molecule has 32 heavy (non-hydrogen) atoms. The van der Waals surface area contributed by atoms with Crippen LogP contribution in [0.5, 0.6) is 0 Å². The number of hydrazone groups is 1. The summed E-state index contributed by atoms with van der Waals surface area (Å²) in [6.07, 6.45) is 12.7. The minimum absolute atomic E-state index is 0.0715. The molecule has 4 aliphatic carbocycles. The summed E-state index contributed by atoms with van der Waals surface area (Å²) in [7, 11) is 1.49. The van der Waals surface area contributed by atoms with Crippen LogP contribution in [0.15, 0.2) is 5.10 Å². The third-order valence-corrected chi connectivity index (χ3v) is 10.6. The zero-order valence-corrected chi connectivity index (χ0v) is 20.5. The highest BCUT2D eigenvalue weighted by molar-refractivity contribution is 5.87. The maximum atomic E-state index is 11.7. The largest absolute Gasteiger partial charge is 0.469 e. The SMILES string of the molecule is COC(=O)CC[C@H](C)[C@H]1CC[C@@H]2[C@H]3CC[C@@H]4C/C(=N/NC(N)=O)CC[C@]4(C)[C@H]3CC[C@@]21C. The molecule has 8 atom stereocenters. The molecule has 3 N–H and O–H groups in total. The number of nitrogens with zero attached hydrogens (tertiary/aromatic N) is 1. The molecule has 0 heterocycles. The van der Waals surface area contributed by atoms with Crippen molar-refractivity contribution in [2.75, 3.05) is 7.11 Å². The van der Waals surface area contributed by atoms with Crippen molar-refractivity contribution >= 4 is 17.7 Å². The molecule has 0 spiro atoms. The van der Waals surface area contributed by atoms with Crippen LogP contribution < -0.4 is 11.2 Å². The van der Waals surface area contributed by atoms with Gasteiger partial charge < -0.3 is 10.5 Å². The van der Waals surface area contributed by atoms with Gasteiger partial charge in [0.25, 0.3) is 0 Å². The number of amides is 2. The van der Waals surface area contributed by atoms with Crippen molar-refractivity contribution in [2.24, 2.45) is 57.2 Å². The molecule has 6 nitrogen and oxygen atoms in total. The smallest absolute Gasteiger partial charge is 0.332 e. The molecule has 0 saturated heterocycles. The van der Waals surface area contributed by atoms with Crippen LogP contribution in [0.2, 0.25) is 0 Å². The molecule has 0 aromatic heterocycles. The number of hydrogen-bond acceptors (Lipinski definition) is 4. The second-order valence-corrected chi connectivity index (χ2v) is 11.8. The molecule has 0 unspecified atom stereocenters. The van der Waals surface area contributed by atoms with Crippen LogP contribution in [0, 0.1) is 46.3 Å². The van der Waals surface area contributed by atoms with Gasteiger partial charge in [-0.1, -0.05) is 20.8 Å². The van der Waals surface area contributed by atoms with Gasteiger partial charge in [-0.2, -0.15) is 5.10 Å². The van der Waals surface area contributed by atoms with E-state index >= 15 is 0 Å². The maximum absolute atomic E-state index is 11.7. The molecule has 0 aliphatic heterocycles. The van der Waals surface area contributed by atoms with E-state index in [1.165, 1.54) is 52.1 Å². The summed E-state index contributed by atoms with van der Waals surface area (Å²) in [6.45, 7) is 7.50. The van der Waals surface area contributed by atoms with Gasteiger partial charge in [0.15, 0.2) is 0 Å². The lowest BCUT2D eigenvalue weighted by Gasteiger charge is -2.60. The summed E-state index contributed by atoms with van der Waals surface area (Å²) in [6, 6.07) is -0.572. The predicted molar refractivity (Wildman–Crippen MR) is 126 cm³/mol. The Morgan fingerprint density at radius 3 is 2.59 bits per heavy atom. The minimum Gasteiger partial charge on any atom is -0.469 e. The first kappa shape index (κ1) is 23.6. The lowest BCUT2D eigenvalue weighted by molar-refractivity contribution is -0.141. The number of primary amides is 1. The van der Waals surface area contributed by atoms with Crippen LogP contribution in [0.3, 0.4) is 0 Å². The Bertz CT molecular complexity index is 767. The minimum atomic E-state index is -0.572. The van der Waals surface area contributed by atoms with Crippen LogP contribution in [0.25, 0.3) is 0 Å². The number of esters is 1. The van der Waals surface area contributed by atoms with Crippen LogP contribution in [-0.4, -0.2) is 24.8 Å². The fourth-order valence-corrected chi connectivity index (χ4v) is 8.92. The number of nitrogens with two attached hydrogens (primary N) is 1. The molecule has 6 heteroatoms. The number of carbonyl (C=O) groups is 2. The van der Waals surface area contributed by atoms with E-state index in [4.69, 9.17) is 10.5 Å². The summed E-state index contributed by atoms with van der Waals surface area (Å²) in [5.41, 5.74) is 9.59. The van der Waals surface area contributed by atoms with E-state index in [0.29, 0.717) is 29.1 Å². The van der Waals surface area contributed by atoms with Gasteiger partial charge in [0.1, 0.15) is 0 Å². The number of carbonyl (C=O) groups excluding carboxylic acids is 2. The monoisotopic (exact) mass is 445 g/mol. The van der Waals surface area contributed by atoms with Gasteiger partial charge in [-0.25, -0.2) is 10.2 Å². The fraction of sp³-hybridized carbons (Fsp3) is 0.885. The maximum Gasteiger partial charge on any atom is 0.332 e. The molecule has 0 aromatic carbocycles. The van der Waals surface area contributed by atoms with Gasteiger partial charge in [-0.05, 0) is 111 Å². The van der Waals surface area contributed by atoms with Crippen molar-refractivity contribution in [2.45, 2.75) is 91.4 Å². The van der Waals surface area contributed by atoms with Crippen molar-refractivity contribution in [3.8, 4) is 0 Å². The zero-order valence-electron chi connectivity index (χ0n) is 20.5. The summed E-state index contributed by atoms with van der Waals surface area (Å²) >= 11 is 0. The van der Waals surface area contributed by atoms with Gasteiger partial charge in [0.05, 0.1) is 7.11 Å². The molecule has 4 saturated carbocycles. The Hall–Kier alpha value is -1.59. The third-order valence-electron chi connectivity index (χ3n) is 10.6. The van der Waals surface area contributed by atoms with E-state index in [9.17, 15) is 9.59 Å². The first-order chi connectivity index (χ1) is 15.2. The molecular weight excluding hydrogens is 402 g/mol. The van der Waals surface area contributed by atoms with Crippen molar-refractivity contribution < 1.29 is 14.3 Å². The van der Waals surface area contributed by atoms with E-state index in [1.54, 1.807) is 0 Å². The average molecular weight is 446 g/mol. The van der Waals surface area contributed by atoms with E-state index in [0.717, 1.165) is 48.6 Å². The molecule has 0 aromatic rings. The highest BCUT2D eigenvalue weighted by Crippen LogP contribution is 2.68. The van der Waals surface area contributed by atoms with Gasteiger partial charge in [-0.15, -0.1) is 0 Å². The summed E-state index contributed by atoms with van der Waals surface area (Å²) in [5, 5.41) is 4.30. The molecule has 180 valence electrons. The summed E-state index contributed by atoms with van der Waals surface area (Å²) < 4.78 is 4.89. The second-order valence-electron chi connectivity index (χ2n) is 11.8. The van der Waals surface area contributed by atoms with Gasteiger partial charge in [-0.3, -0.25) is 4.79 Å². The number of ether oxygens (including phenoxy) is 1. The summed E-state index contributed by atoms with van der Waals surface area (Å²) in [4.78, 5) is 22.7. The number of urea groups is 1. The fourth-order valence-electron chi connectivity index (χ4n) is 8.92. The Kier molecular flexibility index (Phi) is 6.61. The van der Waals surface area contributed by atoms with Crippen LogP contribution >= 0.6 is 0 Å². The van der Waals surface area contributed by atoms with Gasteiger partial charge >= 0.3 is 12.0 Å². The van der Waals surface area contributed by atoms with Crippen LogP contribution in [0.4, 0.5) is 4.79 Å². The Morgan fingerprint density at radius 2 is 1.88 bits per heavy atom. The number of nitrogens with one attached hydrogen (secondary N) is 1. The van der Waals surface area contributed by atoms with E-state index < -0.39 is 6.03 Å². The molecule has 0 bridgehead atoms. The van der Waals surface area contributed by atoms with Crippen molar-refractivity contribution in [3.63, 3.8) is 0 Å². The first-order valence-electron chi connectivity index (χ1n) is 12.9. The number of hydrogen-bond donors (Lipinski definition) is 2. The molecular formula is C26H43N3O3. The number of methoxy groups -OCH3 is 1. The van der Waals surface area contributed by atoms with E-state index in [2.05, 4.69) is 31.3 Å². The molecule has 2 amide bonds. The van der Waals surface area contributed by atoms with Crippen molar-refractivity contribution in [1.29, 1.82) is 0 Å². The first-order valence-corrected chi connectivity index (χ1v) is 12.9. The Balaban J connectivity index is 1.45. The van der Waals surface area contributed by atoms with Gasteiger partial charge in [0, 0.05) is 12.1 Å². The predicted octanol–water partition coefficient (Wildman–Crippen LogP) is 5.26. The normalized spacial score (nSPS) is 43.0. The topological polar surface area (TPSA) is 93.8 Å². The number of fused-ring (bicyclic) bond motifs is 5. The molecule has 4 fully saturated rings. The highest BCUT2D eigenvalue weighted by atomic mass is 16.5. The van der Waals surface area contributed by atoms with Crippen molar-refractivity contribution in [1.82, 2.24) is 5.43 Å². The van der Waals surface area contributed by atoms with Crippen LogP contribution in [-0.2, 0) is 9.53 Å². The van der Waals surface area contributed by atoms with E-state index in [1.807, 2.05) is 0 Å². The quantitative estimate of drug-likeness (QED) is 0.446. The van der Waals surface area contributed by atoms with Gasteiger partial charge in [0.2, 0.25) is 0 Å². The number of rotatable bonds is 5. The lowest BCUT2D eigenvalue weighted by atomic mass is 9.44. The molecule has 4 rings (SSSR count). The summed E-state index contributed by atoms with van der Waals surface area (Å²) in [5.74, 6) is 4.40. The molecule has 4 aliphatic rings. The zero-order chi connectivity index (χ0) is 23.1. The van der Waals surface area contributed by atoms with Crippen LogP contribution in [0.1, 0.15) is 91.4 Å². The Labute approximate surface area is 193 Å². The standard InChI is InChI=1S/C26H43N3O3/c1-16(5-10-23(30)32-4)20-8-9-21-19-7-6-17-15-18(28-29-24(27)31)11-13-25(17,2)22(19)12-14-26(20,21)3/h16-17,19-22H,5-15H2,1-4H3,(H3,27,29,31)/b28-18+/t16-,17+,19+,20+,21+,22-,25-,26+/m0/s1. The third kappa shape index (κ3) is 4.07. The average Bonchev–Trinajstić information content (AvgIpc) is 3.12.